The number of nitrogen functional groups attached to an aromatic ring is 1. The van der Waals surface area contributed by atoms with Crippen LogP contribution in [0.3, 0.4) is 0 Å². The number of carbonyl (C=O) groups excluding carboxylic acids is 1. The van der Waals surface area contributed by atoms with E-state index < -0.39 is 5.91 Å². The SMILES string of the molecule is COc1ccc2c(c1)CC(c1nc3c(OCC(N)=O)cc(-c4ccnc(N)n4)cc3s1)CO2. The fraction of sp³-hybridized carbons (Fsp3) is 0.217. The highest BCUT2D eigenvalue weighted by Crippen LogP contribution is 2.40. The van der Waals surface area contributed by atoms with E-state index in [9.17, 15) is 4.79 Å². The second kappa shape index (κ2) is 8.55. The number of hydrogen-bond acceptors (Lipinski definition) is 9. The Morgan fingerprint density at radius 2 is 2.12 bits per heavy atom. The largest absolute Gasteiger partial charge is 0.497 e. The predicted octanol–water partition coefficient (Wildman–Crippen LogP) is 2.93. The molecule has 168 valence electrons. The minimum absolute atomic E-state index is 0.0733. The Labute approximate surface area is 193 Å². The summed E-state index contributed by atoms with van der Waals surface area (Å²) in [6, 6.07) is 11.3. The number of hydrogen-bond donors (Lipinski definition) is 2. The second-order valence-electron chi connectivity index (χ2n) is 7.61. The van der Waals surface area contributed by atoms with Crippen LogP contribution in [0.4, 0.5) is 5.95 Å². The van der Waals surface area contributed by atoms with Crippen LogP contribution in [0.25, 0.3) is 21.5 Å². The van der Waals surface area contributed by atoms with Gasteiger partial charge in [-0.3, -0.25) is 4.79 Å². The molecule has 9 nitrogen and oxygen atoms in total. The molecule has 0 spiro atoms. The molecule has 0 saturated carbocycles. The molecule has 1 unspecified atom stereocenters. The zero-order valence-electron chi connectivity index (χ0n) is 17.8. The van der Waals surface area contributed by atoms with Crippen molar-refractivity contribution in [3.05, 3.63) is 53.2 Å². The smallest absolute Gasteiger partial charge is 0.255 e. The Morgan fingerprint density at radius 3 is 2.91 bits per heavy atom. The van der Waals surface area contributed by atoms with Gasteiger partial charge in [-0.1, -0.05) is 0 Å². The van der Waals surface area contributed by atoms with E-state index in [0.717, 1.165) is 38.8 Å². The van der Waals surface area contributed by atoms with Gasteiger partial charge in [-0.2, -0.15) is 0 Å². The Morgan fingerprint density at radius 1 is 1.24 bits per heavy atom. The van der Waals surface area contributed by atoms with E-state index in [4.69, 9.17) is 30.7 Å². The Bertz CT molecular complexity index is 1360. The molecule has 2 aromatic carbocycles. The van der Waals surface area contributed by atoms with E-state index in [1.807, 2.05) is 24.3 Å². The second-order valence-corrected chi connectivity index (χ2v) is 8.68. The summed E-state index contributed by atoms with van der Waals surface area (Å²) in [5.41, 5.74) is 14.2. The third-order valence-electron chi connectivity index (χ3n) is 5.34. The summed E-state index contributed by atoms with van der Waals surface area (Å²) in [5, 5.41) is 0.918. The maximum atomic E-state index is 11.3. The first-order chi connectivity index (χ1) is 16.0. The van der Waals surface area contributed by atoms with Crippen LogP contribution in [-0.2, 0) is 11.2 Å². The standard InChI is InChI=1S/C23H21N5O4S/c1-30-15-2-3-17-13(7-15)6-14(10-31-17)22-28-21-18(32-11-20(24)29)8-12(9-19(21)33-22)16-4-5-26-23(25)27-16/h2-5,7-9,14H,6,10-11H2,1H3,(H2,24,29)(H2,25,26,27). The lowest BCUT2D eigenvalue weighted by atomic mass is 9.97. The predicted molar refractivity (Wildman–Crippen MR) is 125 cm³/mol. The Balaban J connectivity index is 1.54. The summed E-state index contributed by atoms with van der Waals surface area (Å²) in [4.78, 5) is 24.4. The molecule has 33 heavy (non-hydrogen) atoms. The molecule has 1 atom stereocenters. The summed E-state index contributed by atoms with van der Waals surface area (Å²) in [6.45, 7) is 0.267. The topological polar surface area (TPSA) is 135 Å². The average molecular weight is 464 g/mol. The van der Waals surface area contributed by atoms with Gasteiger partial charge in [0.15, 0.2) is 6.61 Å². The van der Waals surface area contributed by atoms with Gasteiger partial charge in [0.2, 0.25) is 5.95 Å². The molecule has 0 bridgehead atoms. The quantitative estimate of drug-likeness (QED) is 0.445. The minimum Gasteiger partial charge on any atom is -0.497 e. The van der Waals surface area contributed by atoms with Crippen molar-refractivity contribution in [3.8, 4) is 28.5 Å². The first-order valence-corrected chi connectivity index (χ1v) is 11.1. The van der Waals surface area contributed by atoms with E-state index in [1.54, 1.807) is 36.8 Å². The molecule has 0 saturated heterocycles. The van der Waals surface area contributed by atoms with Crippen LogP contribution in [0.5, 0.6) is 17.2 Å². The number of aromatic nitrogens is 3. The van der Waals surface area contributed by atoms with E-state index in [2.05, 4.69) is 9.97 Å². The highest BCUT2D eigenvalue weighted by molar-refractivity contribution is 7.18. The summed E-state index contributed by atoms with van der Waals surface area (Å²) >= 11 is 1.56. The third kappa shape index (κ3) is 4.24. The van der Waals surface area contributed by atoms with Gasteiger partial charge >= 0.3 is 0 Å². The van der Waals surface area contributed by atoms with Crippen LogP contribution in [0.1, 0.15) is 16.5 Å². The number of ether oxygens (including phenoxy) is 3. The number of fused-ring (bicyclic) bond motifs is 2. The molecule has 4 aromatic rings. The third-order valence-corrected chi connectivity index (χ3v) is 6.50. The lowest BCUT2D eigenvalue weighted by Crippen LogP contribution is -2.20. The van der Waals surface area contributed by atoms with Crippen molar-refractivity contribution in [3.63, 3.8) is 0 Å². The molecule has 2 aromatic heterocycles. The highest BCUT2D eigenvalue weighted by Gasteiger charge is 2.26. The first kappa shape index (κ1) is 21.0. The van der Waals surface area contributed by atoms with Gasteiger partial charge in [0.05, 0.1) is 24.1 Å². The summed E-state index contributed by atoms with van der Waals surface area (Å²) < 4.78 is 17.9. The lowest BCUT2D eigenvalue weighted by Gasteiger charge is -2.24. The molecule has 3 heterocycles. The van der Waals surface area contributed by atoms with E-state index in [-0.39, 0.29) is 18.5 Å². The fourth-order valence-electron chi connectivity index (χ4n) is 3.79. The van der Waals surface area contributed by atoms with Gasteiger partial charge in [0.25, 0.3) is 5.91 Å². The monoisotopic (exact) mass is 463 g/mol. The molecule has 4 N–H and O–H groups in total. The summed E-state index contributed by atoms with van der Waals surface area (Å²) in [7, 11) is 1.65. The van der Waals surface area contributed by atoms with Gasteiger partial charge in [-0.15, -0.1) is 11.3 Å². The molecular formula is C23H21N5O4S. The molecule has 0 aliphatic carbocycles. The molecule has 0 radical (unpaired) electrons. The van der Waals surface area contributed by atoms with Crippen LogP contribution in [0.15, 0.2) is 42.6 Å². The van der Waals surface area contributed by atoms with Gasteiger partial charge < -0.3 is 25.7 Å². The van der Waals surface area contributed by atoms with Crippen LogP contribution < -0.4 is 25.7 Å². The number of anilines is 1. The van der Waals surface area contributed by atoms with E-state index in [1.165, 1.54) is 0 Å². The van der Waals surface area contributed by atoms with Crippen molar-refractivity contribution in [1.29, 1.82) is 0 Å². The maximum absolute atomic E-state index is 11.3. The molecule has 1 aliphatic heterocycles. The highest BCUT2D eigenvalue weighted by atomic mass is 32.1. The number of methoxy groups -OCH3 is 1. The van der Waals surface area contributed by atoms with Crippen molar-refractivity contribution in [1.82, 2.24) is 15.0 Å². The van der Waals surface area contributed by atoms with Crippen LogP contribution in [0, 0.1) is 0 Å². The molecule has 0 fully saturated rings. The van der Waals surface area contributed by atoms with Crippen molar-refractivity contribution in [2.45, 2.75) is 12.3 Å². The minimum atomic E-state index is -0.568. The van der Waals surface area contributed by atoms with E-state index >= 15 is 0 Å². The maximum Gasteiger partial charge on any atom is 0.255 e. The van der Waals surface area contributed by atoms with Crippen LogP contribution in [0.2, 0.25) is 0 Å². The van der Waals surface area contributed by atoms with Gasteiger partial charge in [-0.25, -0.2) is 15.0 Å². The molecule has 1 aliphatic rings. The number of nitrogens with two attached hydrogens (primary N) is 2. The number of nitrogens with zero attached hydrogens (tertiary/aromatic N) is 3. The van der Waals surface area contributed by atoms with Crippen molar-refractivity contribution >= 4 is 33.4 Å². The number of carbonyl (C=O) groups is 1. The Hall–Kier alpha value is -3.92. The normalized spacial score (nSPS) is 15.0. The fourth-order valence-corrected chi connectivity index (χ4v) is 4.90. The van der Waals surface area contributed by atoms with Gasteiger partial charge in [0, 0.05) is 17.7 Å². The van der Waals surface area contributed by atoms with Crippen LogP contribution in [-0.4, -0.2) is 41.2 Å². The number of amides is 1. The van der Waals surface area contributed by atoms with Gasteiger partial charge in [0.1, 0.15) is 27.8 Å². The molecule has 1 amide bonds. The first-order valence-electron chi connectivity index (χ1n) is 10.2. The lowest BCUT2D eigenvalue weighted by molar-refractivity contribution is -0.119. The Kier molecular flexibility index (Phi) is 5.43. The number of primary amides is 1. The number of benzene rings is 2. The number of thiazole rings is 1. The molecule has 10 heteroatoms. The van der Waals surface area contributed by atoms with Gasteiger partial charge in [-0.05, 0) is 48.4 Å². The van der Waals surface area contributed by atoms with Crippen molar-refractivity contribution in [2.75, 3.05) is 26.1 Å². The molecule has 5 rings (SSSR count). The van der Waals surface area contributed by atoms with Crippen molar-refractivity contribution in [2.24, 2.45) is 5.73 Å². The zero-order valence-corrected chi connectivity index (χ0v) is 18.6. The average Bonchev–Trinajstić information content (AvgIpc) is 3.26. The van der Waals surface area contributed by atoms with Crippen LogP contribution >= 0.6 is 11.3 Å². The van der Waals surface area contributed by atoms with Crippen molar-refractivity contribution < 1.29 is 19.0 Å². The van der Waals surface area contributed by atoms with E-state index in [0.29, 0.717) is 23.6 Å². The zero-order chi connectivity index (χ0) is 22.9. The summed E-state index contributed by atoms with van der Waals surface area (Å²) in [6.07, 6.45) is 2.37. The number of rotatable bonds is 6. The summed E-state index contributed by atoms with van der Waals surface area (Å²) in [5.74, 6) is 1.79. The molecular weight excluding hydrogens is 442 g/mol.